The van der Waals surface area contributed by atoms with Gasteiger partial charge in [-0.05, 0) is 42.9 Å². The second-order valence-corrected chi connectivity index (χ2v) is 13.5. The van der Waals surface area contributed by atoms with Crippen LogP contribution in [0.5, 0.6) is 5.75 Å². The number of hydrogen-bond donors (Lipinski definition) is 11. The SMILES string of the molecule is CC[C@H](C)[C@H](NC(=O)[C@H](CCC(=O)O)NC(=O)[C@H](CCC(=O)O)NC(=O)[C@H](Cc1ccc(OP(=O)(O)O)cc1)NC(C)=O)C(=O)N[C@H](CCC(=O)O)C(=O)O. The van der Waals surface area contributed by atoms with Gasteiger partial charge in [0.05, 0.1) is 0 Å². The van der Waals surface area contributed by atoms with Gasteiger partial charge in [0.2, 0.25) is 29.5 Å². The minimum absolute atomic E-state index is 0.208. The third-order valence-electron chi connectivity index (χ3n) is 7.90. The van der Waals surface area contributed by atoms with Crippen molar-refractivity contribution in [3.8, 4) is 5.75 Å². The first-order chi connectivity index (χ1) is 25.5. The zero-order valence-electron chi connectivity index (χ0n) is 30.1. The molecular formula is C32H46N5O17P. The molecule has 1 aromatic rings. The van der Waals surface area contributed by atoms with Crippen LogP contribution >= 0.6 is 7.82 Å². The summed E-state index contributed by atoms with van der Waals surface area (Å²) < 4.78 is 15.6. The van der Waals surface area contributed by atoms with E-state index in [2.05, 4.69) is 31.1 Å². The van der Waals surface area contributed by atoms with Crippen molar-refractivity contribution in [3.63, 3.8) is 0 Å². The monoisotopic (exact) mass is 803 g/mol. The lowest BCUT2D eigenvalue weighted by molar-refractivity contribution is -0.144. The molecule has 22 nitrogen and oxygen atoms in total. The largest absolute Gasteiger partial charge is 0.524 e. The molecule has 0 heterocycles. The number of amides is 5. The average molecular weight is 804 g/mol. The molecule has 0 aliphatic carbocycles. The van der Waals surface area contributed by atoms with Crippen molar-refractivity contribution >= 4 is 61.2 Å². The van der Waals surface area contributed by atoms with Crippen LogP contribution in [-0.4, -0.2) is 114 Å². The molecule has 0 spiro atoms. The molecule has 0 aliphatic rings. The van der Waals surface area contributed by atoms with Crippen LogP contribution in [0.1, 0.15) is 71.3 Å². The Labute approximate surface area is 314 Å². The normalized spacial score (nSPS) is 14.3. The van der Waals surface area contributed by atoms with Crippen LogP contribution in [0.3, 0.4) is 0 Å². The molecular weight excluding hydrogens is 757 g/mol. The Bertz CT molecular complexity index is 1620. The molecule has 0 aromatic heterocycles. The fraction of sp³-hybridized carbons (Fsp3) is 0.531. The first kappa shape index (κ1) is 47.4. The van der Waals surface area contributed by atoms with Crippen molar-refractivity contribution < 1.29 is 82.5 Å². The van der Waals surface area contributed by atoms with Gasteiger partial charge < -0.3 is 51.5 Å². The van der Waals surface area contributed by atoms with E-state index in [1.54, 1.807) is 6.92 Å². The smallest absolute Gasteiger partial charge is 0.481 e. The standard InChI is InChI=1S/C32H46N5O17P/c1-4-16(2)27(31(48)36-22(32(49)50)11-14-26(43)44)37-29(46)21(10-13-25(41)42)34-28(45)20(9-12-24(39)40)35-30(47)23(33-17(3)38)15-18-5-7-19(8-6-18)54-55(51,52)53/h5-8,16,20-23,27H,4,9-15H2,1-3H3,(H,33,38)(H,34,45)(H,35,47)(H,36,48)(H,37,46)(H,39,40)(H,41,42)(H,43,44)(H,49,50)(H2,51,52,53)/t16-,20-,21-,22+,23-,27-/m0/s1. The number of aliphatic carboxylic acids is 4. The number of phosphoric acid groups is 1. The number of carbonyl (C=O) groups is 9. The molecule has 0 saturated heterocycles. The summed E-state index contributed by atoms with van der Waals surface area (Å²) in [7, 11) is -4.87. The molecule has 1 aromatic carbocycles. The molecule has 11 N–H and O–H groups in total. The van der Waals surface area contributed by atoms with E-state index in [0.717, 1.165) is 6.92 Å². The van der Waals surface area contributed by atoms with E-state index in [0.29, 0.717) is 5.56 Å². The maximum absolute atomic E-state index is 13.6. The van der Waals surface area contributed by atoms with Gasteiger partial charge in [-0.1, -0.05) is 32.4 Å². The maximum atomic E-state index is 13.6. The third kappa shape index (κ3) is 18.8. The average Bonchev–Trinajstić information content (AvgIpc) is 3.07. The van der Waals surface area contributed by atoms with Gasteiger partial charge >= 0.3 is 31.7 Å². The van der Waals surface area contributed by atoms with Gasteiger partial charge in [0.1, 0.15) is 36.0 Å². The van der Waals surface area contributed by atoms with Crippen molar-refractivity contribution in [2.75, 3.05) is 0 Å². The van der Waals surface area contributed by atoms with Crippen LogP contribution in [0.15, 0.2) is 24.3 Å². The van der Waals surface area contributed by atoms with Crippen molar-refractivity contribution in [3.05, 3.63) is 29.8 Å². The minimum Gasteiger partial charge on any atom is -0.481 e. The number of benzene rings is 1. The van der Waals surface area contributed by atoms with E-state index < -0.39 is 136 Å². The maximum Gasteiger partial charge on any atom is 0.524 e. The van der Waals surface area contributed by atoms with Crippen LogP contribution in [-0.2, 0) is 54.1 Å². The predicted molar refractivity (Wildman–Crippen MR) is 186 cm³/mol. The highest BCUT2D eigenvalue weighted by Gasteiger charge is 2.34. The fourth-order valence-corrected chi connectivity index (χ4v) is 5.27. The van der Waals surface area contributed by atoms with Gasteiger partial charge in [0, 0.05) is 32.6 Å². The Balaban J connectivity index is 3.34. The molecule has 1 rings (SSSR count). The fourth-order valence-electron chi connectivity index (χ4n) is 4.87. The van der Waals surface area contributed by atoms with Crippen LogP contribution in [0, 0.1) is 5.92 Å². The second-order valence-electron chi connectivity index (χ2n) is 12.4. The number of hydrogen-bond acceptors (Lipinski definition) is 11. The third-order valence-corrected chi connectivity index (χ3v) is 8.34. The van der Waals surface area contributed by atoms with Gasteiger partial charge in [-0.25, -0.2) is 9.36 Å². The van der Waals surface area contributed by atoms with Gasteiger partial charge in [0.25, 0.3) is 0 Å². The van der Waals surface area contributed by atoms with E-state index in [1.165, 1.54) is 31.2 Å². The summed E-state index contributed by atoms with van der Waals surface area (Å²) >= 11 is 0. The zero-order valence-corrected chi connectivity index (χ0v) is 30.9. The summed E-state index contributed by atoms with van der Waals surface area (Å²) in [4.78, 5) is 129. The zero-order chi connectivity index (χ0) is 42.0. The van der Waals surface area contributed by atoms with E-state index >= 15 is 0 Å². The molecule has 23 heteroatoms. The molecule has 0 fully saturated rings. The van der Waals surface area contributed by atoms with Gasteiger partial charge in [-0.3, -0.25) is 48.1 Å². The summed E-state index contributed by atoms with van der Waals surface area (Å²) in [5.74, 6) is -11.5. The van der Waals surface area contributed by atoms with E-state index in [4.69, 9.17) is 14.9 Å². The Morgan fingerprint density at radius 1 is 0.636 bits per heavy atom. The van der Waals surface area contributed by atoms with Crippen molar-refractivity contribution in [1.82, 2.24) is 26.6 Å². The number of nitrogens with one attached hydrogen (secondary N) is 5. The van der Waals surface area contributed by atoms with E-state index in [9.17, 15) is 63.0 Å². The molecule has 0 aliphatic heterocycles. The highest BCUT2D eigenvalue weighted by Crippen LogP contribution is 2.37. The number of carbonyl (C=O) groups excluding carboxylic acids is 5. The molecule has 6 atom stereocenters. The van der Waals surface area contributed by atoms with E-state index in [-0.39, 0.29) is 18.6 Å². The van der Waals surface area contributed by atoms with E-state index in [1.807, 2.05) is 0 Å². The molecule has 0 unspecified atom stereocenters. The minimum atomic E-state index is -4.87. The van der Waals surface area contributed by atoms with Gasteiger partial charge in [0.15, 0.2) is 0 Å². The number of carboxylic acids is 4. The Morgan fingerprint density at radius 2 is 1.05 bits per heavy atom. The Kier molecular flexibility index (Phi) is 19.5. The lowest BCUT2D eigenvalue weighted by Gasteiger charge is -2.28. The topological polar surface area (TPSA) is 361 Å². The molecule has 0 radical (unpaired) electrons. The summed E-state index contributed by atoms with van der Waals surface area (Å²) in [5.41, 5.74) is 0.348. The Hall–Kier alpha value is -5.60. The summed E-state index contributed by atoms with van der Waals surface area (Å²) in [6.07, 6.45) is -3.56. The van der Waals surface area contributed by atoms with Gasteiger partial charge in [-0.15, -0.1) is 0 Å². The molecule has 5 amide bonds. The van der Waals surface area contributed by atoms with Crippen LogP contribution in [0.4, 0.5) is 0 Å². The highest BCUT2D eigenvalue weighted by molar-refractivity contribution is 7.46. The second kappa shape index (κ2) is 22.6. The quantitative estimate of drug-likeness (QED) is 0.0521. The summed E-state index contributed by atoms with van der Waals surface area (Å²) in [5, 5.41) is 48.5. The van der Waals surface area contributed by atoms with Crippen molar-refractivity contribution in [2.24, 2.45) is 5.92 Å². The summed E-state index contributed by atoms with van der Waals surface area (Å²) in [6, 6.07) is -2.84. The number of rotatable bonds is 25. The molecule has 55 heavy (non-hydrogen) atoms. The molecule has 306 valence electrons. The van der Waals surface area contributed by atoms with Crippen molar-refractivity contribution in [2.45, 2.75) is 102 Å². The lowest BCUT2D eigenvalue weighted by Crippen LogP contribution is -2.60. The highest BCUT2D eigenvalue weighted by atomic mass is 31.2. The molecule has 0 saturated carbocycles. The van der Waals surface area contributed by atoms with Gasteiger partial charge in [-0.2, -0.15) is 0 Å². The predicted octanol–water partition coefficient (Wildman–Crippen LogP) is -1.13. The summed E-state index contributed by atoms with van der Waals surface area (Å²) in [6.45, 7) is 4.25. The van der Waals surface area contributed by atoms with Crippen LogP contribution in [0.25, 0.3) is 0 Å². The number of phosphoric ester groups is 1. The Morgan fingerprint density at radius 3 is 1.45 bits per heavy atom. The van der Waals surface area contributed by atoms with Crippen LogP contribution < -0.4 is 31.1 Å². The van der Waals surface area contributed by atoms with Crippen LogP contribution in [0.2, 0.25) is 0 Å². The first-order valence-electron chi connectivity index (χ1n) is 16.7. The number of carboxylic acid groups (broad SMARTS) is 4. The van der Waals surface area contributed by atoms with Crippen molar-refractivity contribution in [1.29, 1.82) is 0 Å². The lowest BCUT2D eigenvalue weighted by atomic mass is 9.96. The first-order valence-corrected chi connectivity index (χ1v) is 18.3. The molecule has 0 bridgehead atoms.